The largest absolute Gasteiger partial charge is 0.508 e. The van der Waals surface area contributed by atoms with Crippen molar-refractivity contribution >= 4 is 11.1 Å². The molecule has 2 aliphatic heterocycles. The van der Waals surface area contributed by atoms with E-state index in [0.29, 0.717) is 43.0 Å². The van der Waals surface area contributed by atoms with Crippen molar-refractivity contribution in [2.45, 2.75) is 37.4 Å². The van der Waals surface area contributed by atoms with Gasteiger partial charge in [-0.25, -0.2) is 9.00 Å². The van der Waals surface area contributed by atoms with Crippen LogP contribution in [0.25, 0.3) is 11.3 Å². The van der Waals surface area contributed by atoms with Crippen molar-refractivity contribution in [2.24, 2.45) is 0 Å². The summed E-state index contributed by atoms with van der Waals surface area (Å²) in [4.78, 5) is 16.3. The molecule has 0 spiro atoms. The molecule has 0 aliphatic carbocycles. The van der Waals surface area contributed by atoms with Gasteiger partial charge < -0.3 is 13.7 Å². The van der Waals surface area contributed by atoms with Gasteiger partial charge in [0.05, 0.1) is 11.8 Å². The number of nitrogens with zero attached hydrogens (tertiary/aromatic N) is 2. The van der Waals surface area contributed by atoms with Crippen molar-refractivity contribution in [2.75, 3.05) is 13.2 Å². The summed E-state index contributed by atoms with van der Waals surface area (Å²) in [5.41, 5.74) is -3.54. The first-order valence-corrected chi connectivity index (χ1v) is 10.1. The molecule has 0 amide bonds. The molecule has 3 heterocycles. The monoisotopic (exact) mass is 430 g/mol. The molecule has 2 unspecified atom stereocenters. The number of hydrogen-bond acceptors (Lipinski definition) is 6. The van der Waals surface area contributed by atoms with Gasteiger partial charge in [0, 0.05) is 24.8 Å². The zero-order chi connectivity index (χ0) is 20.6. The fourth-order valence-electron chi connectivity index (χ4n) is 3.40. The van der Waals surface area contributed by atoms with E-state index in [1.807, 2.05) is 0 Å². The molecule has 1 aromatic carbocycles. The zero-order valence-corrected chi connectivity index (χ0v) is 15.9. The first-order chi connectivity index (χ1) is 13.8. The number of ether oxygens (including phenoxy) is 2. The fraction of sp³-hybridized carbons (Fsp3) is 0.444. The Labute approximate surface area is 166 Å². The zero-order valence-electron chi connectivity index (χ0n) is 15.1. The van der Waals surface area contributed by atoms with Gasteiger partial charge in [0.2, 0.25) is 5.88 Å². The highest BCUT2D eigenvalue weighted by Crippen LogP contribution is 2.33. The highest BCUT2D eigenvalue weighted by molar-refractivity contribution is 7.81. The summed E-state index contributed by atoms with van der Waals surface area (Å²) in [6, 6.07) is 5.85. The maximum absolute atomic E-state index is 12.5. The maximum Gasteiger partial charge on any atom is 0.508 e. The Morgan fingerprint density at radius 3 is 2.86 bits per heavy atom. The number of alkyl halides is 3. The van der Waals surface area contributed by atoms with Gasteiger partial charge in [-0.1, -0.05) is 0 Å². The third-order valence-corrected chi connectivity index (χ3v) is 5.47. The van der Waals surface area contributed by atoms with E-state index in [0.717, 1.165) is 12.8 Å². The van der Waals surface area contributed by atoms with Gasteiger partial charge in [0.15, 0.2) is 0 Å². The van der Waals surface area contributed by atoms with Crippen molar-refractivity contribution in [3.05, 3.63) is 40.3 Å². The Morgan fingerprint density at radius 1 is 1.31 bits per heavy atom. The van der Waals surface area contributed by atoms with E-state index in [2.05, 4.69) is 9.17 Å². The minimum atomic E-state index is -4.96. The van der Waals surface area contributed by atoms with Crippen LogP contribution in [0.2, 0.25) is 0 Å². The highest BCUT2D eigenvalue weighted by atomic mass is 32.2. The average molecular weight is 430 g/mol. The van der Waals surface area contributed by atoms with Crippen LogP contribution < -0.4 is 14.6 Å². The second-order valence-corrected chi connectivity index (χ2v) is 7.79. The maximum atomic E-state index is 12.5. The van der Waals surface area contributed by atoms with Crippen molar-refractivity contribution in [1.29, 1.82) is 0 Å². The summed E-state index contributed by atoms with van der Waals surface area (Å²) in [6.07, 6.45) is 2.22. The Balaban J connectivity index is 1.59. The number of aryl methyl sites for hydroxylation is 1. The Hall–Kier alpha value is -2.40. The van der Waals surface area contributed by atoms with Crippen LogP contribution in [-0.2, 0) is 28.8 Å². The molecular weight excluding hydrogens is 413 g/mol. The topological polar surface area (TPSA) is 79.7 Å². The van der Waals surface area contributed by atoms with Gasteiger partial charge in [-0.2, -0.15) is 18.2 Å². The van der Waals surface area contributed by atoms with E-state index >= 15 is 0 Å². The first kappa shape index (κ1) is 19.9. The van der Waals surface area contributed by atoms with E-state index in [1.54, 1.807) is 6.07 Å². The van der Waals surface area contributed by atoms with Gasteiger partial charge in [-0.15, -0.1) is 0 Å². The number of halogens is 3. The smallest absolute Gasteiger partial charge is 0.475 e. The lowest BCUT2D eigenvalue weighted by molar-refractivity contribution is -0.0437. The van der Waals surface area contributed by atoms with Gasteiger partial charge in [-0.05, 0) is 43.0 Å². The summed E-state index contributed by atoms with van der Waals surface area (Å²) in [6.45, 7) is 1.29. The second kappa shape index (κ2) is 7.79. The van der Waals surface area contributed by atoms with Crippen LogP contribution in [0.5, 0.6) is 11.6 Å². The molecule has 2 aromatic rings. The van der Waals surface area contributed by atoms with Crippen LogP contribution in [0.3, 0.4) is 0 Å². The third kappa shape index (κ3) is 4.30. The minimum absolute atomic E-state index is 0.0305. The average Bonchev–Trinajstić information content (AvgIpc) is 3.19. The number of hydrogen-bond donors (Lipinski definition) is 0. The Kier molecular flexibility index (Phi) is 5.34. The third-order valence-electron chi connectivity index (χ3n) is 4.75. The molecule has 2 atom stereocenters. The molecule has 1 saturated heterocycles. The first-order valence-electron chi connectivity index (χ1n) is 8.98. The normalized spacial score (nSPS) is 19.3. The van der Waals surface area contributed by atoms with Gasteiger partial charge in [0.1, 0.15) is 12.4 Å². The molecule has 0 bridgehead atoms. The van der Waals surface area contributed by atoms with Crippen LogP contribution >= 0.6 is 0 Å². The lowest BCUT2D eigenvalue weighted by Crippen LogP contribution is -2.29. The molecular formula is C18H17F3N2O5S. The fourth-order valence-corrected chi connectivity index (χ4v) is 3.77. The molecule has 0 saturated carbocycles. The summed E-state index contributed by atoms with van der Waals surface area (Å²) >= 11 is -3.44. The van der Waals surface area contributed by atoms with E-state index < -0.39 is 22.3 Å². The lowest BCUT2D eigenvalue weighted by Gasteiger charge is -2.22. The standard InChI is InChI=1S/C18H17F3N2O5S/c19-18(20,21)29(25)28-12-3-4-14-11(8-12)5-6-23-15(14)9-16(22-17(23)24)27-10-13-2-1-7-26-13/h3-4,8-9,13H,1-2,5-7,10H2. The van der Waals surface area contributed by atoms with Crippen molar-refractivity contribution < 1.29 is 31.0 Å². The van der Waals surface area contributed by atoms with Gasteiger partial charge >= 0.3 is 22.3 Å². The lowest BCUT2D eigenvalue weighted by atomic mass is 9.97. The van der Waals surface area contributed by atoms with Crippen LogP contribution in [0, 0.1) is 0 Å². The predicted molar refractivity (Wildman–Crippen MR) is 96.9 cm³/mol. The molecule has 4 rings (SSSR count). The molecule has 0 radical (unpaired) electrons. The highest BCUT2D eigenvalue weighted by Gasteiger charge is 2.40. The molecule has 11 heteroatoms. The summed E-state index contributed by atoms with van der Waals surface area (Å²) in [5.74, 6) is 0.0159. The van der Waals surface area contributed by atoms with E-state index in [1.165, 1.54) is 22.8 Å². The second-order valence-electron chi connectivity index (χ2n) is 6.69. The molecule has 2 aliphatic rings. The van der Waals surface area contributed by atoms with Crippen molar-refractivity contribution in [3.8, 4) is 22.9 Å². The molecule has 1 fully saturated rings. The van der Waals surface area contributed by atoms with Gasteiger partial charge in [-0.3, -0.25) is 4.57 Å². The quantitative estimate of drug-likeness (QED) is 0.726. The van der Waals surface area contributed by atoms with Crippen LogP contribution in [-0.4, -0.2) is 38.6 Å². The summed E-state index contributed by atoms with van der Waals surface area (Å²) in [7, 11) is 0. The number of rotatable bonds is 5. The molecule has 29 heavy (non-hydrogen) atoms. The minimum Gasteiger partial charge on any atom is -0.475 e. The molecule has 7 nitrogen and oxygen atoms in total. The van der Waals surface area contributed by atoms with Gasteiger partial charge in [0.25, 0.3) is 0 Å². The molecule has 1 aromatic heterocycles. The van der Waals surface area contributed by atoms with E-state index in [9.17, 15) is 22.2 Å². The Morgan fingerprint density at radius 2 is 2.14 bits per heavy atom. The van der Waals surface area contributed by atoms with Crippen LogP contribution in [0.4, 0.5) is 13.2 Å². The molecule has 156 valence electrons. The summed E-state index contributed by atoms with van der Waals surface area (Å²) < 4.78 is 65.6. The van der Waals surface area contributed by atoms with E-state index in [-0.39, 0.29) is 17.7 Å². The predicted octanol–water partition coefficient (Wildman–Crippen LogP) is 2.59. The number of fused-ring (bicyclic) bond motifs is 3. The molecule has 0 N–H and O–H groups in total. The number of benzene rings is 1. The number of aromatic nitrogens is 2. The van der Waals surface area contributed by atoms with E-state index in [4.69, 9.17) is 9.47 Å². The Bertz CT molecular complexity index is 1000. The van der Waals surface area contributed by atoms with Crippen LogP contribution in [0.1, 0.15) is 18.4 Å². The van der Waals surface area contributed by atoms with Crippen LogP contribution in [0.15, 0.2) is 29.1 Å². The summed E-state index contributed by atoms with van der Waals surface area (Å²) in [5, 5.41) is 0. The SMILES string of the molecule is O=c1nc(OCC2CCCO2)cc2n1CCc1cc(OS(=O)C(F)(F)F)ccc1-2. The van der Waals surface area contributed by atoms with Crippen molar-refractivity contribution in [3.63, 3.8) is 0 Å². The van der Waals surface area contributed by atoms with Crippen molar-refractivity contribution in [1.82, 2.24) is 9.55 Å².